The van der Waals surface area contributed by atoms with Crippen molar-refractivity contribution >= 4 is 29.1 Å². The van der Waals surface area contributed by atoms with E-state index < -0.39 is 0 Å². The molecular formula is C14H19NO3S. The number of ketones is 1. The van der Waals surface area contributed by atoms with Crippen molar-refractivity contribution in [3.8, 4) is 0 Å². The average molecular weight is 281 g/mol. The van der Waals surface area contributed by atoms with Crippen LogP contribution in [0, 0.1) is 5.92 Å². The van der Waals surface area contributed by atoms with Crippen LogP contribution in [0.3, 0.4) is 0 Å². The number of anilines is 1. The molecule has 0 heterocycles. The van der Waals surface area contributed by atoms with Gasteiger partial charge in [-0.05, 0) is 30.7 Å². The molecule has 1 aromatic carbocycles. The van der Waals surface area contributed by atoms with Gasteiger partial charge in [-0.15, -0.1) is 0 Å². The first kappa shape index (κ1) is 15.7. The number of amides is 1. The molecule has 0 spiro atoms. The molecule has 104 valence electrons. The molecule has 1 atom stereocenters. The molecule has 1 unspecified atom stereocenters. The van der Waals surface area contributed by atoms with Crippen LogP contribution in [0.4, 0.5) is 5.69 Å². The van der Waals surface area contributed by atoms with E-state index in [0.29, 0.717) is 17.0 Å². The van der Waals surface area contributed by atoms with Gasteiger partial charge in [-0.1, -0.05) is 19.1 Å². The Bertz CT molecular complexity index is 448. The molecule has 0 bridgehead atoms. The van der Waals surface area contributed by atoms with Gasteiger partial charge < -0.3 is 10.4 Å². The molecule has 0 fully saturated rings. The molecule has 4 nitrogen and oxygen atoms in total. The van der Waals surface area contributed by atoms with Gasteiger partial charge in [-0.25, -0.2) is 0 Å². The van der Waals surface area contributed by atoms with Crippen LogP contribution in [0.15, 0.2) is 24.3 Å². The Kier molecular flexibility index (Phi) is 6.59. The van der Waals surface area contributed by atoms with Crippen LogP contribution in [0.2, 0.25) is 0 Å². The average Bonchev–Trinajstić information content (AvgIpc) is 2.38. The summed E-state index contributed by atoms with van der Waals surface area (Å²) in [6, 6.07) is 6.88. The predicted octanol–water partition coefficient (Wildman–Crippen LogP) is 2.19. The number of rotatable bonds is 7. The molecule has 19 heavy (non-hydrogen) atoms. The molecule has 1 amide bonds. The maximum atomic E-state index is 11.7. The molecule has 0 aliphatic rings. The highest BCUT2D eigenvalue weighted by Crippen LogP contribution is 2.13. The quantitative estimate of drug-likeness (QED) is 0.752. The summed E-state index contributed by atoms with van der Waals surface area (Å²) in [6.07, 6.45) is 0. The number of benzene rings is 1. The second-order valence-corrected chi connectivity index (χ2v) is 5.52. The van der Waals surface area contributed by atoms with Crippen molar-refractivity contribution in [3.63, 3.8) is 0 Å². The van der Waals surface area contributed by atoms with Crippen LogP contribution >= 0.6 is 11.8 Å². The van der Waals surface area contributed by atoms with Gasteiger partial charge in [0.25, 0.3) is 0 Å². The van der Waals surface area contributed by atoms with E-state index in [2.05, 4.69) is 5.32 Å². The summed E-state index contributed by atoms with van der Waals surface area (Å²) < 4.78 is 0. The zero-order valence-electron chi connectivity index (χ0n) is 11.2. The minimum Gasteiger partial charge on any atom is -0.396 e. The van der Waals surface area contributed by atoms with E-state index in [1.54, 1.807) is 24.3 Å². The van der Waals surface area contributed by atoms with Crippen molar-refractivity contribution in [2.75, 3.05) is 23.4 Å². The fourth-order valence-corrected chi connectivity index (χ4v) is 2.30. The highest BCUT2D eigenvalue weighted by molar-refractivity contribution is 7.99. The van der Waals surface area contributed by atoms with Crippen LogP contribution in [0.1, 0.15) is 24.2 Å². The maximum absolute atomic E-state index is 11.7. The molecule has 0 saturated heterocycles. The topological polar surface area (TPSA) is 66.4 Å². The third-order valence-electron chi connectivity index (χ3n) is 2.50. The Morgan fingerprint density at radius 1 is 1.42 bits per heavy atom. The first-order valence-electron chi connectivity index (χ1n) is 6.12. The summed E-state index contributed by atoms with van der Waals surface area (Å²) >= 11 is 1.48. The van der Waals surface area contributed by atoms with Crippen molar-refractivity contribution in [3.05, 3.63) is 29.8 Å². The third-order valence-corrected chi connectivity index (χ3v) is 3.77. The summed E-state index contributed by atoms with van der Waals surface area (Å²) in [6.45, 7) is 3.56. The summed E-state index contributed by atoms with van der Waals surface area (Å²) in [5.41, 5.74) is 1.22. The SMILES string of the molecule is CC(=O)c1cccc(NC(=O)CSCC(C)CO)c1. The molecule has 0 radical (unpaired) electrons. The van der Waals surface area contributed by atoms with Gasteiger partial charge in [0.2, 0.25) is 5.91 Å². The Morgan fingerprint density at radius 3 is 2.79 bits per heavy atom. The van der Waals surface area contributed by atoms with Crippen molar-refractivity contribution in [2.24, 2.45) is 5.92 Å². The number of Topliss-reactive ketones (excluding diaryl/α,β-unsaturated/α-hetero) is 1. The first-order valence-corrected chi connectivity index (χ1v) is 7.28. The highest BCUT2D eigenvalue weighted by Gasteiger charge is 2.06. The Labute approximate surface area is 117 Å². The van der Waals surface area contributed by atoms with E-state index in [1.165, 1.54) is 18.7 Å². The standard InChI is InChI=1S/C14H19NO3S/c1-10(7-16)8-19-9-14(18)15-13-5-3-4-12(6-13)11(2)17/h3-6,10,16H,7-9H2,1-2H3,(H,15,18). The van der Waals surface area contributed by atoms with Crippen LogP contribution in [-0.2, 0) is 4.79 Å². The van der Waals surface area contributed by atoms with E-state index in [9.17, 15) is 9.59 Å². The van der Waals surface area contributed by atoms with Gasteiger partial charge >= 0.3 is 0 Å². The van der Waals surface area contributed by atoms with Crippen LogP contribution in [0.5, 0.6) is 0 Å². The molecule has 1 aromatic rings. The number of thioether (sulfide) groups is 1. The number of nitrogens with one attached hydrogen (secondary N) is 1. The summed E-state index contributed by atoms with van der Waals surface area (Å²) in [5, 5.41) is 11.6. The number of aliphatic hydroxyl groups excluding tert-OH is 1. The Hall–Kier alpha value is -1.33. The zero-order valence-corrected chi connectivity index (χ0v) is 12.0. The maximum Gasteiger partial charge on any atom is 0.234 e. The van der Waals surface area contributed by atoms with E-state index in [-0.39, 0.29) is 24.2 Å². The third kappa shape index (κ3) is 5.89. The summed E-state index contributed by atoms with van der Waals surface area (Å²) in [4.78, 5) is 22.9. The predicted molar refractivity (Wildman–Crippen MR) is 78.7 cm³/mol. The van der Waals surface area contributed by atoms with Crippen molar-refractivity contribution in [2.45, 2.75) is 13.8 Å². The van der Waals surface area contributed by atoms with Crippen LogP contribution in [0.25, 0.3) is 0 Å². The number of carbonyl (C=O) groups is 2. The molecule has 0 saturated carbocycles. The highest BCUT2D eigenvalue weighted by atomic mass is 32.2. The largest absolute Gasteiger partial charge is 0.396 e. The number of carbonyl (C=O) groups excluding carboxylic acids is 2. The lowest BCUT2D eigenvalue weighted by molar-refractivity contribution is -0.113. The molecular weight excluding hydrogens is 262 g/mol. The van der Waals surface area contributed by atoms with Crippen molar-refractivity contribution in [1.29, 1.82) is 0 Å². The van der Waals surface area contributed by atoms with Gasteiger partial charge in [0.05, 0.1) is 5.75 Å². The minimum atomic E-state index is -0.101. The lowest BCUT2D eigenvalue weighted by Gasteiger charge is -2.08. The lowest BCUT2D eigenvalue weighted by Crippen LogP contribution is -2.16. The summed E-state index contributed by atoms with van der Waals surface area (Å²) in [7, 11) is 0. The molecule has 0 aliphatic heterocycles. The van der Waals surface area contributed by atoms with Gasteiger partial charge in [0.15, 0.2) is 5.78 Å². The zero-order chi connectivity index (χ0) is 14.3. The second-order valence-electron chi connectivity index (χ2n) is 4.49. The number of hydrogen-bond acceptors (Lipinski definition) is 4. The first-order chi connectivity index (χ1) is 9.02. The minimum absolute atomic E-state index is 0.0257. The van der Waals surface area contributed by atoms with Crippen molar-refractivity contribution in [1.82, 2.24) is 0 Å². The molecule has 0 aliphatic carbocycles. The van der Waals surface area contributed by atoms with E-state index in [4.69, 9.17) is 5.11 Å². The molecule has 1 rings (SSSR count). The fourth-order valence-electron chi connectivity index (χ4n) is 1.42. The van der Waals surface area contributed by atoms with Gasteiger partial charge in [0, 0.05) is 17.9 Å². The Morgan fingerprint density at radius 2 is 2.16 bits per heavy atom. The van der Waals surface area contributed by atoms with Gasteiger partial charge in [0.1, 0.15) is 0 Å². The Balaban J connectivity index is 2.44. The normalized spacial score (nSPS) is 11.9. The van der Waals surface area contributed by atoms with E-state index in [0.717, 1.165) is 5.75 Å². The number of aliphatic hydroxyl groups is 1. The van der Waals surface area contributed by atoms with Crippen LogP contribution in [-0.4, -0.2) is 34.9 Å². The monoisotopic (exact) mass is 281 g/mol. The molecule has 5 heteroatoms. The fraction of sp³-hybridized carbons (Fsp3) is 0.429. The second kappa shape index (κ2) is 7.96. The van der Waals surface area contributed by atoms with E-state index in [1.807, 2.05) is 6.92 Å². The van der Waals surface area contributed by atoms with Gasteiger partial charge in [-0.3, -0.25) is 9.59 Å². The van der Waals surface area contributed by atoms with Crippen LogP contribution < -0.4 is 5.32 Å². The molecule has 0 aromatic heterocycles. The van der Waals surface area contributed by atoms with E-state index >= 15 is 0 Å². The van der Waals surface area contributed by atoms with Crippen molar-refractivity contribution < 1.29 is 14.7 Å². The lowest BCUT2D eigenvalue weighted by atomic mass is 10.1. The number of hydrogen-bond donors (Lipinski definition) is 2. The molecule has 2 N–H and O–H groups in total. The van der Waals surface area contributed by atoms with Gasteiger partial charge in [-0.2, -0.15) is 11.8 Å². The summed E-state index contributed by atoms with van der Waals surface area (Å²) in [5.74, 6) is 1.16. The smallest absolute Gasteiger partial charge is 0.234 e.